The van der Waals surface area contributed by atoms with Crippen molar-refractivity contribution in [2.75, 3.05) is 0 Å². The summed E-state index contributed by atoms with van der Waals surface area (Å²) in [5.74, 6) is 1.23. The number of isocyanates is 1. The van der Waals surface area contributed by atoms with E-state index >= 15 is 0 Å². The Bertz CT molecular complexity index is 872. The fraction of sp³-hybridized carbons (Fsp3) is 0.136. The van der Waals surface area contributed by atoms with Crippen LogP contribution in [0.1, 0.15) is 16.7 Å². The number of carbonyl (C=O) groups excluding carboxylic acids is 1. The predicted octanol–water partition coefficient (Wildman–Crippen LogP) is 4.68. The lowest BCUT2D eigenvalue weighted by atomic mass is 10.1. The van der Waals surface area contributed by atoms with Crippen LogP contribution in [0.5, 0.6) is 11.5 Å². The van der Waals surface area contributed by atoms with Gasteiger partial charge in [-0.3, -0.25) is 0 Å². The second-order valence-electron chi connectivity index (χ2n) is 5.70. The van der Waals surface area contributed by atoms with Crippen LogP contribution in [0.4, 0.5) is 0 Å². The molecule has 0 bridgehead atoms. The molecule has 3 aromatic rings. The normalized spacial score (nSPS) is 10.0. The van der Waals surface area contributed by atoms with E-state index in [9.17, 15) is 4.79 Å². The van der Waals surface area contributed by atoms with Gasteiger partial charge in [0, 0.05) is 5.56 Å². The molecule has 0 fully saturated rings. The molecule has 130 valence electrons. The van der Waals surface area contributed by atoms with Crippen LogP contribution >= 0.6 is 0 Å². The fourth-order valence-corrected chi connectivity index (χ4v) is 2.55. The van der Waals surface area contributed by atoms with E-state index in [1.54, 1.807) is 6.08 Å². The minimum atomic E-state index is 0.205. The van der Waals surface area contributed by atoms with E-state index in [1.807, 2.05) is 78.9 Å². The van der Waals surface area contributed by atoms with E-state index in [1.165, 1.54) is 0 Å². The maximum absolute atomic E-state index is 10.5. The quantitative estimate of drug-likeness (QED) is 0.440. The predicted molar refractivity (Wildman–Crippen MR) is 99.8 cm³/mol. The smallest absolute Gasteiger partial charge is 0.235 e. The first-order valence-electron chi connectivity index (χ1n) is 8.36. The monoisotopic (exact) mass is 345 g/mol. The van der Waals surface area contributed by atoms with Gasteiger partial charge in [-0.15, -0.1) is 0 Å². The molecule has 0 amide bonds. The maximum atomic E-state index is 10.5. The van der Waals surface area contributed by atoms with Gasteiger partial charge in [-0.25, -0.2) is 9.79 Å². The molecule has 0 radical (unpaired) electrons. The summed E-state index contributed by atoms with van der Waals surface area (Å²) in [4.78, 5) is 14.2. The summed E-state index contributed by atoms with van der Waals surface area (Å²) in [7, 11) is 0. The lowest BCUT2D eigenvalue weighted by molar-refractivity contribution is 0.254. The standard InChI is InChI=1S/C22H19NO3/c24-17-23-14-20-12-7-13-21(25-15-18-8-3-1-4-9-18)22(20)26-16-19-10-5-2-6-11-19/h1-13H,14-16H2. The molecular formula is C22H19NO3. The Labute approximate surface area is 152 Å². The number of hydrogen-bond acceptors (Lipinski definition) is 4. The molecule has 4 nitrogen and oxygen atoms in total. The highest BCUT2D eigenvalue weighted by Gasteiger charge is 2.12. The molecule has 0 aliphatic rings. The van der Waals surface area contributed by atoms with Crippen LogP contribution in [-0.2, 0) is 24.6 Å². The summed E-state index contributed by atoms with van der Waals surface area (Å²) < 4.78 is 12.0. The highest BCUT2D eigenvalue weighted by Crippen LogP contribution is 2.33. The molecule has 3 aromatic carbocycles. The number of aliphatic imine (C=N–C) groups is 1. The molecule has 0 spiro atoms. The Morgan fingerprint density at radius 3 is 1.96 bits per heavy atom. The Hall–Kier alpha value is -3.36. The van der Waals surface area contributed by atoms with E-state index in [0.29, 0.717) is 24.7 Å². The van der Waals surface area contributed by atoms with Crippen LogP contribution in [0.15, 0.2) is 83.9 Å². The third kappa shape index (κ3) is 4.82. The van der Waals surface area contributed by atoms with Crippen LogP contribution < -0.4 is 9.47 Å². The van der Waals surface area contributed by atoms with Gasteiger partial charge < -0.3 is 9.47 Å². The average molecular weight is 345 g/mol. The number of ether oxygens (including phenoxy) is 2. The molecule has 3 rings (SSSR count). The van der Waals surface area contributed by atoms with Gasteiger partial charge in [0.1, 0.15) is 13.2 Å². The van der Waals surface area contributed by atoms with E-state index in [2.05, 4.69) is 4.99 Å². The number of hydrogen-bond donors (Lipinski definition) is 0. The number of benzene rings is 3. The highest BCUT2D eigenvalue weighted by molar-refractivity contribution is 5.47. The van der Waals surface area contributed by atoms with Crippen molar-refractivity contribution in [3.63, 3.8) is 0 Å². The van der Waals surface area contributed by atoms with Gasteiger partial charge in [-0.1, -0.05) is 72.8 Å². The van der Waals surface area contributed by atoms with Gasteiger partial charge in [-0.05, 0) is 17.2 Å². The highest BCUT2D eigenvalue weighted by atomic mass is 16.5. The number of para-hydroxylation sites is 1. The summed E-state index contributed by atoms with van der Waals surface area (Å²) in [5, 5.41) is 0. The lowest BCUT2D eigenvalue weighted by Gasteiger charge is -2.16. The molecule has 4 heteroatoms. The second kappa shape index (κ2) is 9.21. The Balaban J connectivity index is 1.80. The Morgan fingerprint density at radius 2 is 1.35 bits per heavy atom. The molecule has 0 aliphatic carbocycles. The topological polar surface area (TPSA) is 47.9 Å². The van der Waals surface area contributed by atoms with Crippen LogP contribution in [0.3, 0.4) is 0 Å². The van der Waals surface area contributed by atoms with Gasteiger partial charge in [0.15, 0.2) is 11.5 Å². The fourth-order valence-electron chi connectivity index (χ4n) is 2.55. The summed E-state index contributed by atoms with van der Waals surface area (Å²) >= 11 is 0. The second-order valence-corrected chi connectivity index (χ2v) is 5.70. The molecule has 26 heavy (non-hydrogen) atoms. The molecule has 0 atom stereocenters. The van der Waals surface area contributed by atoms with E-state index in [0.717, 1.165) is 16.7 Å². The van der Waals surface area contributed by atoms with Crippen LogP contribution in [0.2, 0.25) is 0 Å². The molecular weight excluding hydrogens is 326 g/mol. The lowest BCUT2D eigenvalue weighted by Crippen LogP contribution is -2.03. The van der Waals surface area contributed by atoms with E-state index in [4.69, 9.17) is 9.47 Å². The summed E-state index contributed by atoms with van der Waals surface area (Å²) in [6, 6.07) is 25.4. The van der Waals surface area contributed by atoms with Crippen molar-refractivity contribution in [2.45, 2.75) is 19.8 Å². The van der Waals surface area contributed by atoms with Crippen LogP contribution in [0, 0.1) is 0 Å². The van der Waals surface area contributed by atoms with Crippen molar-refractivity contribution in [1.29, 1.82) is 0 Å². The third-order valence-electron chi connectivity index (χ3n) is 3.84. The van der Waals surface area contributed by atoms with E-state index in [-0.39, 0.29) is 6.54 Å². The van der Waals surface area contributed by atoms with Gasteiger partial charge in [0.25, 0.3) is 0 Å². The summed E-state index contributed by atoms with van der Waals surface area (Å²) in [6.45, 7) is 1.05. The Kier molecular flexibility index (Phi) is 6.19. The van der Waals surface area contributed by atoms with Crippen molar-refractivity contribution in [3.05, 3.63) is 95.6 Å². The van der Waals surface area contributed by atoms with Gasteiger partial charge in [0.05, 0.1) is 6.54 Å². The van der Waals surface area contributed by atoms with Crippen molar-refractivity contribution < 1.29 is 14.3 Å². The number of rotatable bonds is 8. The van der Waals surface area contributed by atoms with Crippen molar-refractivity contribution >= 4 is 6.08 Å². The van der Waals surface area contributed by atoms with Crippen molar-refractivity contribution in [2.24, 2.45) is 4.99 Å². The van der Waals surface area contributed by atoms with Gasteiger partial charge in [0.2, 0.25) is 6.08 Å². The zero-order valence-corrected chi connectivity index (χ0v) is 14.3. The van der Waals surface area contributed by atoms with E-state index < -0.39 is 0 Å². The first-order chi connectivity index (χ1) is 12.9. The average Bonchev–Trinajstić information content (AvgIpc) is 2.71. The van der Waals surface area contributed by atoms with Gasteiger partial charge in [-0.2, -0.15) is 0 Å². The van der Waals surface area contributed by atoms with Crippen molar-refractivity contribution in [3.8, 4) is 11.5 Å². The molecule has 0 unspecified atom stereocenters. The maximum Gasteiger partial charge on any atom is 0.235 e. The third-order valence-corrected chi connectivity index (χ3v) is 3.84. The molecule has 0 aromatic heterocycles. The largest absolute Gasteiger partial charge is 0.485 e. The molecule has 0 saturated heterocycles. The SMILES string of the molecule is O=C=NCc1cccc(OCc2ccccc2)c1OCc1ccccc1. The first-order valence-corrected chi connectivity index (χ1v) is 8.36. The van der Waals surface area contributed by atoms with Crippen molar-refractivity contribution in [1.82, 2.24) is 0 Å². The minimum Gasteiger partial charge on any atom is -0.485 e. The summed E-state index contributed by atoms with van der Waals surface area (Å²) in [5.41, 5.74) is 2.91. The van der Waals surface area contributed by atoms with Crippen LogP contribution in [-0.4, -0.2) is 6.08 Å². The zero-order chi connectivity index (χ0) is 18.0. The zero-order valence-electron chi connectivity index (χ0n) is 14.3. The number of nitrogens with zero attached hydrogens (tertiary/aromatic N) is 1. The molecule has 0 heterocycles. The molecule has 0 N–H and O–H groups in total. The first kappa shape index (κ1) is 17.5. The summed E-state index contributed by atoms with van der Waals surface area (Å²) in [6.07, 6.45) is 1.57. The van der Waals surface area contributed by atoms with Gasteiger partial charge >= 0.3 is 0 Å². The molecule has 0 saturated carbocycles. The minimum absolute atomic E-state index is 0.205. The Morgan fingerprint density at radius 1 is 0.731 bits per heavy atom. The molecule has 0 aliphatic heterocycles. The van der Waals surface area contributed by atoms with Crippen LogP contribution in [0.25, 0.3) is 0 Å².